The Bertz CT molecular complexity index is 1500. The van der Waals surface area contributed by atoms with Crippen LogP contribution in [0.2, 0.25) is 0 Å². The minimum Gasteiger partial charge on any atom is -0.438 e. The summed E-state index contributed by atoms with van der Waals surface area (Å²) in [6, 6.07) is 24.8. The van der Waals surface area contributed by atoms with Crippen molar-refractivity contribution in [1.29, 1.82) is 0 Å². The van der Waals surface area contributed by atoms with E-state index in [1.165, 1.54) is 0 Å². The van der Waals surface area contributed by atoms with Crippen LogP contribution in [-0.2, 0) is 11.2 Å². The van der Waals surface area contributed by atoms with Gasteiger partial charge in [0, 0.05) is 17.4 Å². The largest absolute Gasteiger partial charge is 0.438 e. The van der Waals surface area contributed by atoms with E-state index in [9.17, 15) is 4.79 Å². The molecule has 35 heavy (non-hydrogen) atoms. The molecule has 174 valence electrons. The van der Waals surface area contributed by atoms with E-state index >= 15 is 0 Å². The second kappa shape index (κ2) is 9.38. The standard InChI is InChI=1S/C28H25N5O2/c1-18-19(2)32-33(20(18)3)26-15-16-28(31-30-26)35-24-13-11-23(12-14-24)29-27(34)17-22-9-6-8-21-7-4-5-10-25(21)22/h4-16H,17H2,1-3H3,(H,29,34). The minimum atomic E-state index is -0.0733. The Balaban J connectivity index is 1.22. The molecule has 0 aliphatic carbocycles. The van der Waals surface area contributed by atoms with Gasteiger partial charge in [-0.15, -0.1) is 10.2 Å². The number of hydrogen-bond donors (Lipinski definition) is 1. The van der Waals surface area contributed by atoms with E-state index in [1.807, 2.05) is 69.3 Å². The first-order chi connectivity index (χ1) is 17.0. The SMILES string of the molecule is Cc1nn(-c2ccc(Oc3ccc(NC(=O)Cc4cccc5ccccc45)cc3)nn2)c(C)c1C. The number of amides is 1. The maximum Gasteiger partial charge on any atom is 0.238 e. The summed E-state index contributed by atoms with van der Waals surface area (Å²) in [5.74, 6) is 1.53. The number of fused-ring (bicyclic) bond motifs is 1. The van der Waals surface area contributed by atoms with Gasteiger partial charge in [0.15, 0.2) is 5.82 Å². The zero-order chi connectivity index (χ0) is 24.4. The second-order valence-electron chi connectivity index (χ2n) is 8.43. The van der Waals surface area contributed by atoms with Crippen LogP contribution < -0.4 is 10.1 Å². The third kappa shape index (κ3) is 4.75. The zero-order valence-electron chi connectivity index (χ0n) is 19.8. The number of aryl methyl sites for hydroxylation is 1. The number of ether oxygens (including phenoxy) is 1. The highest BCUT2D eigenvalue weighted by Gasteiger charge is 2.11. The first-order valence-electron chi connectivity index (χ1n) is 11.4. The van der Waals surface area contributed by atoms with Gasteiger partial charge < -0.3 is 10.1 Å². The molecule has 0 saturated carbocycles. The van der Waals surface area contributed by atoms with E-state index in [-0.39, 0.29) is 5.91 Å². The van der Waals surface area contributed by atoms with Gasteiger partial charge in [0.05, 0.1) is 12.1 Å². The molecule has 2 heterocycles. The van der Waals surface area contributed by atoms with Crippen LogP contribution in [0.3, 0.4) is 0 Å². The summed E-state index contributed by atoms with van der Waals surface area (Å²) in [5.41, 5.74) is 4.83. The van der Waals surface area contributed by atoms with Gasteiger partial charge in [-0.3, -0.25) is 4.79 Å². The van der Waals surface area contributed by atoms with Gasteiger partial charge in [0.25, 0.3) is 0 Å². The highest BCUT2D eigenvalue weighted by molar-refractivity contribution is 5.96. The van der Waals surface area contributed by atoms with Crippen molar-refractivity contribution in [1.82, 2.24) is 20.0 Å². The summed E-state index contributed by atoms with van der Waals surface area (Å²) in [5, 5.41) is 18.1. The van der Waals surface area contributed by atoms with Gasteiger partial charge in [-0.05, 0) is 73.0 Å². The summed E-state index contributed by atoms with van der Waals surface area (Å²) >= 11 is 0. The molecule has 7 heteroatoms. The maximum absolute atomic E-state index is 12.6. The molecule has 1 amide bonds. The molecule has 0 aliphatic rings. The number of anilines is 1. The monoisotopic (exact) mass is 463 g/mol. The van der Waals surface area contributed by atoms with Crippen LogP contribution in [0.4, 0.5) is 5.69 Å². The molecule has 0 unspecified atom stereocenters. The number of carbonyl (C=O) groups is 1. The number of hydrogen-bond acceptors (Lipinski definition) is 5. The Morgan fingerprint density at radius 3 is 2.37 bits per heavy atom. The fourth-order valence-electron chi connectivity index (χ4n) is 3.98. The Morgan fingerprint density at radius 2 is 1.66 bits per heavy atom. The van der Waals surface area contributed by atoms with Crippen LogP contribution in [-0.4, -0.2) is 25.9 Å². The summed E-state index contributed by atoms with van der Waals surface area (Å²) in [7, 11) is 0. The molecular formula is C28H25N5O2. The van der Waals surface area contributed by atoms with Crippen molar-refractivity contribution in [2.75, 3.05) is 5.32 Å². The molecule has 0 atom stereocenters. The third-order valence-corrected chi connectivity index (χ3v) is 6.09. The number of aromatic nitrogens is 4. The predicted octanol–water partition coefficient (Wildman–Crippen LogP) is 5.71. The molecule has 5 rings (SSSR count). The van der Waals surface area contributed by atoms with Crippen LogP contribution in [0, 0.1) is 20.8 Å². The van der Waals surface area contributed by atoms with E-state index in [1.54, 1.807) is 35.0 Å². The normalized spacial score (nSPS) is 10.9. The molecule has 7 nitrogen and oxygen atoms in total. The molecule has 0 fully saturated rings. The molecule has 5 aromatic rings. The van der Waals surface area contributed by atoms with E-state index in [4.69, 9.17) is 4.74 Å². The molecule has 0 bridgehead atoms. The van der Waals surface area contributed by atoms with E-state index < -0.39 is 0 Å². The molecular weight excluding hydrogens is 438 g/mol. The molecule has 0 saturated heterocycles. The average molecular weight is 464 g/mol. The van der Waals surface area contributed by atoms with Gasteiger partial charge in [-0.1, -0.05) is 42.5 Å². The Labute approximate surface area is 203 Å². The van der Waals surface area contributed by atoms with Crippen LogP contribution >= 0.6 is 0 Å². The average Bonchev–Trinajstić information content (AvgIpc) is 3.13. The van der Waals surface area contributed by atoms with Crippen LogP contribution in [0.5, 0.6) is 11.6 Å². The van der Waals surface area contributed by atoms with Crippen molar-refractivity contribution < 1.29 is 9.53 Å². The first kappa shape index (κ1) is 22.3. The van der Waals surface area contributed by atoms with Gasteiger partial charge in [-0.25, -0.2) is 4.68 Å². The lowest BCUT2D eigenvalue weighted by Gasteiger charge is -2.09. The molecule has 3 aromatic carbocycles. The lowest BCUT2D eigenvalue weighted by molar-refractivity contribution is -0.115. The topological polar surface area (TPSA) is 81.9 Å². The van der Waals surface area contributed by atoms with Crippen molar-refractivity contribution in [3.8, 4) is 17.4 Å². The first-order valence-corrected chi connectivity index (χ1v) is 11.4. The van der Waals surface area contributed by atoms with Crippen molar-refractivity contribution in [2.24, 2.45) is 0 Å². The fraction of sp³-hybridized carbons (Fsp3) is 0.143. The fourth-order valence-corrected chi connectivity index (χ4v) is 3.98. The van der Waals surface area contributed by atoms with E-state index in [2.05, 4.69) is 20.6 Å². The smallest absolute Gasteiger partial charge is 0.238 e. The number of carbonyl (C=O) groups excluding carboxylic acids is 1. The Kier molecular flexibility index (Phi) is 5.97. The van der Waals surface area contributed by atoms with Gasteiger partial charge >= 0.3 is 0 Å². The van der Waals surface area contributed by atoms with Crippen molar-refractivity contribution in [3.63, 3.8) is 0 Å². The highest BCUT2D eigenvalue weighted by atomic mass is 16.5. The van der Waals surface area contributed by atoms with Crippen molar-refractivity contribution >= 4 is 22.4 Å². The number of rotatable bonds is 6. The Hall–Kier alpha value is -4.52. The van der Waals surface area contributed by atoms with Crippen LogP contribution in [0.25, 0.3) is 16.6 Å². The third-order valence-electron chi connectivity index (χ3n) is 6.09. The van der Waals surface area contributed by atoms with Crippen LogP contribution in [0.1, 0.15) is 22.5 Å². The van der Waals surface area contributed by atoms with Gasteiger partial charge in [-0.2, -0.15) is 5.10 Å². The minimum absolute atomic E-state index is 0.0733. The number of nitrogens with zero attached hydrogens (tertiary/aromatic N) is 4. The Morgan fingerprint density at radius 1 is 0.886 bits per heavy atom. The maximum atomic E-state index is 12.6. The van der Waals surface area contributed by atoms with Crippen LogP contribution in [0.15, 0.2) is 78.9 Å². The number of benzene rings is 3. The second-order valence-corrected chi connectivity index (χ2v) is 8.43. The summed E-state index contributed by atoms with van der Waals surface area (Å²) in [6.07, 6.45) is 0.302. The van der Waals surface area contributed by atoms with Gasteiger partial charge in [0.2, 0.25) is 11.8 Å². The molecule has 0 radical (unpaired) electrons. The van der Waals surface area contributed by atoms with E-state index in [0.29, 0.717) is 29.6 Å². The van der Waals surface area contributed by atoms with Crippen molar-refractivity contribution in [3.05, 3.63) is 101 Å². The number of nitrogens with one attached hydrogen (secondary N) is 1. The summed E-state index contributed by atoms with van der Waals surface area (Å²) in [4.78, 5) is 12.6. The summed E-state index contributed by atoms with van der Waals surface area (Å²) < 4.78 is 7.59. The zero-order valence-corrected chi connectivity index (χ0v) is 19.8. The molecule has 1 N–H and O–H groups in total. The lowest BCUT2D eigenvalue weighted by atomic mass is 10.0. The molecule has 0 spiro atoms. The summed E-state index contributed by atoms with van der Waals surface area (Å²) in [6.45, 7) is 6.01. The van der Waals surface area contributed by atoms with Gasteiger partial charge in [0.1, 0.15) is 5.75 Å². The van der Waals surface area contributed by atoms with E-state index in [0.717, 1.165) is 33.3 Å². The quantitative estimate of drug-likeness (QED) is 0.349. The molecule has 0 aliphatic heterocycles. The predicted molar refractivity (Wildman–Crippen MR) is 136 cm³/mol. The molecule has 2 aromatic heterocycles. The lowest BCUT2D eigenvalue weighted by Crippen LogP contribution is -2.14. The van der Waals surface area contributed by atoms with Crippen molar-refractivity contribution in [2.45, 2.75) is 27.2 Å². The highest BCUT2D eigenvalue weighted by Crippen LogP contribution is 2.23.